The quantitative estimate of drug-likeness (QED) is 0.391. The summed E-state index contributed by atoms with van der Waals surface area (Å²) in [6.07, 6.45) is 0. The average Bonchev–Trinajstić information content (AvgIpc) is 3.00. The molecule has 1 aliphatic heterocycles. The van der Waals surface area contributed by atoms with Crippen LogP contribution in [0.2, 0.25) is 5.02 Å². The largest absolute Gasteiger partial charge is 0.495 e. The Morgan fingerprint density at radius 1 is 0.951 bits per heavy atom. The monoisotopic (exact) mass is 572 g/mol. The molecular formula is C30H25ClN4O6. The summed E-state index contributed by atoms with van der Waals surface area (Å²) < 4.78 is 15.4. The summed E-state index contributed by atoms with van der Waals surface area (Å²) in [4.78, 5) is 41.0. The van der Waals surface area contributed by atoms with Crippen LogP contribution in [-0.4, -0.2) is 39.2 Å². The summed E-state index contributed by atoms with van der Waals surface area (Å²) in [6.45, 7) is 0. The highest BCUT2D eigenvalue weighted by atomic mass is 35.5. The summed E-state index contributed by atoms with van der Waals surface area (Å²) >= 11 is 6.09. The lowest BCUT2D eigenvalue weighted by Gasteiger charge is -2.36. The topological polar surface area (TPSA) is 144 Å². The highest BCUT2D eigenvalue weighted by molar-refractivity contribution is 6.31. The summed E-state index contributed by atoms with van der Waals surface area (Å²) in [5, 5.41) is 13.3. The molecule has 0 bridgehead atoms. The van der Waals surface area contributed by atoms with Gasteiger partial charge in [0.25, 0.3) is 5.91 Å². The van der Waals surface area contributed by atoms with E-state index < -0.39 is 23.8 Å². The van der Waals surface area contributed by atoms with Gasteiger partial charge >= 0.3 is 11.9 Å². The number of allylic oxidation sites excluding steroid dienone is 1. The van der Waals surface area contributed by atoms with Gasteiger partial charge in [-0.3, -0.25) is 9.69 Å². The Labute approximate surface area is 241 Å². The molecule has 1 aliphatic rings. The number of halogens is 1. The number of methoxy groups -OCH3 is 3. The number of benzene rings is 3. The lowest BCUT2D eigenvalue weighted by molar-refractivity contribution is -0.139. The Balaban J connectivity index is 1.89. The fourth-order valence-corrected chi connectivity index (χ4v) is 4.71. The van der Waals surface area contributed by atoms with Crippen molar-refractivity contribution in [2.24, 2.45) is 5.73 Å². The highest BCUT2D eigenvalue weighted by Gasteiger charge is 2.43. The molecule has 0 fully saturated rings. The normalized spacial score (nSPS) is 14.7. The van der Waals surface area contributed by atoms with Gasteiger partial charge in [0.1, 0.15) is 17.3 Å². The number of nitrogens with two attached hydrogens (primary N) is 1. The van der Waals surface area contributed by atoms with Gasteiger partial charge in [-0.05, 0) is 42.0 Å². The van der Waals surface area contributed by atoms with Gasteiger partial charge in [0.05, 0.1) is 50.2 Å². The number of nitrogens with zero attached hydrogens (tertiary/aromatic N) is 2. The van der Waals surface area contributed by atoms with E-state index in [0.29, 0.717) is 22.0 Å². The maximum Gasteiger partial charge on any atom is 0.355 e. The molecule has 0 aromatic heterocycles. The number of esters is 2. The molecule has 3 aromatic rings. The van der Waals surface area contributed by atoms with Crippen molar-refractivity contribution in [2.75, 3.05) is 31.5 Å². The van der Waals surface area contributed by atoms with E-state index in [-0.39, 0.29) is 33.9 Å². The van der Waals surface area contributed by atoms with Crippen LogP contribution < -0.4 is 20.7 Å². The van der Waals surface area contributed by atoms with Gasteiger partial charge in [-0.15, -0.1) is 0 Å². The predicted molar refractivity (Wildman–Crippen MR) is 152 cm³/mol. The third-order valence-corrected chi connectivity index (χ3v) is 6.62. The molecule has 208 valence electrons. The number of carbonyl (C=O) groups excluding carboxylic acids is 3. The van der Waals surface area contributed by atoms with Gasteiger partial charge in [0.15, 0.2) is 0 Å². The zero-order chi connectivity index (χ0) is 29.7. The number of hydrogen-bond acceptors (Lipinski definition) is 9. The van der Waals surface area contributed by atoms with Crippen LogP contribution in [0.5, 0.6) is 5.75 Å². The molecule has 11 heteroatoms. The van der Waals surface area contributed by atoms with Gasteiger partial charge in [0.2, 0.25) is 0 Å². The average molecular weight is 573 g/mol. The van der Waals surface area contributed by atoms with Crippen molar-refractivity contribution in [1.82, 2.24) is 0 Å². The zero-order valence-corrected chi connectivity index (χ0v) is 23.1. The Kier molecular flexibility index (Phi) is 8.60. The molecule has 3 N–H and O–H groups in total. The lowest BCUT2D eigenvalue weighted by Crippen LogP contribution is -2.40. The molecule has 4 rings (SSSR count). The number of ether oxygens (including phenoxy) is 3. The molecule has 0 radical (unpaired) electrons. The molecule has 0 saturated heterocycles. The minimum Gasteiger partial charge on any atom is -0.495 e. The lowest BCUT2D eigenvalue weighted by atomic mass is 9.81. The Morgan fingerprint density at radius 2 is 1.66 bits per heavy atom. The number of anilines is 2. The minimum atomic E-state index is -1.01. The van der Waals surface area contributed by atoms with Gasteiger partial charge in [-0.2, -0.15) is 5.26 Å². The molecule has 1 heterocycles. The standard InChI is InChI=1S/C30H25ClN4O6/c1-39-23-13-12-19(31)15-22(23)34-28(36)18-10-7-11-20(14-18)35-26(30(38)41-3)25(29(37)40-2)24(21(16-32)27(35)33)17-8-5-4-6-9-17/h4-15,24H,33H2,1-3H3,(H,34,36). The second-order valence-electron chi connectivity index (χ2n) is 8.68. The maximum absolute atomic E-state index is 13.3. The first-order chi connectivity index (χ1) is 19.7. The second-order valence-corrected chi connectivity index (χ2v) is 9.12. The second kappa shape index (κ2) is 12.3. The van der Waals surface area contributed by atoms with E-state index in [1.54, 1.807) is 60.7 Å². The van der Waals surface area contributed by atoms with Crippen molar-refractivity contribution in [3.8, 4) is 11.8 Å². The van der Waals surface area contributed by atoms with Crippen molar-refractivity contribution in [1.29, 1.82) is 5.26 Å². The van der Waals surface area contributed by atoms with Crippen LogP contribution in [-0.2, 0) is 19.1 Å². The highest BCUT2D eigenvalue weighted by Crippen LogP contribution is 2.43. The molecule has 0 spiro atoms. The third kappa shape index (κ3) is 5.57. The summed E-state index contributed by atoms with van der Waals surface area (Å²) in [5.74, 6) is -3.02. The molecule has 0 aliphatic carbocycles. The molecule has 1 unspecified atom stereocenters. The van der Waals surface area contributed by atoms with Crippen molar-refractivity contribution >= 4 is 40.8 Å². The van der Waals surface area contributed by atoms with Crippen LogP contribution >= 0.6 is 11.6 Å². The number of nitriles is 1. The van der Waals surface area contributed by atoms with E-state index >= 15 is 0 Å². The molecule has 1 amide bonds. The van der Waals surface area contributed by atoms with E-state index in [9.17, 15) is 19.6 Å². The van der Waals surface area contributed by atoms with E-state index in [2.05, 4.69) is 11.4 Å². The first-order valence-electron chi connectivity index (χ1n) is 12.2. The number of rotatable bonds is 7. The fraction of sp³-hybridized carbons (Fsp3) is 0.133. The van der Waals surface area contributed by atoms with Crippen LogP contribution in [0.1, 0.15) is 21.8 Å². The Hall–Kier alpha value is -5.27. The number of hydrogen-bond donors (Lipinski definition) is 2. The number of nitrogens with one attached hydrogen (secondary N) is 1. The first-order valence-corrected chi connectivity index (χ1v) is 12.5. The number of amides is 1. The zero-order valence-electron chi connectivity index (χ0n) is 22.3. The fourth-order valence-electron chi connectivity index (χ4n) is 4.54. The van der Waals surface area contributed by atoms with Crippen molar-refractivity contribution in [3.05, 3.63) is 112 Å². The third-order valence-electron chi connectivity index (χ3n) is 6.39. The molecular weight excluding hydrogens is 548 g/mol. The van der Waals surface area contributed by atoms with Gasteiger partial charge in [-0.25, -0.2) is 9.59 Å². The van der Waals surface area contributed by atoms with Gasteiger partial charge in [0, 0.05) is 16.3 Å². The van der Waals surface area contributed by atoms with Crippen molar-refractivity contribution in [3.63, 3.8) is 0 Å². The van der Waals surface area contributed by atoms with E-state index in [4.69, 9.17) is 31.5 Å². The maximum atomic E-state index is 13.3. The Morgan fingerprint density at radius 3 is 2.29 bits per heavy atom. The number of carbonyl (C=O) groups is 3. The van der Waals surface area contributed by atoms with Crippen molar-refractivity contribution in [2.45, 2.75) is 5.92 Å². The van der Waals surface area contributed by atoms with Gasteiger partial charge < -0.3 is 25.3 Å². The van der Waals surface area contributed by atoms with Crippen LogP contribution in [0.3, 0.4) is 0 Å². The van der Waals surface area contributed by atoms with Crippen LogP contribution in [0.15, 0.2) is 95.5 Å². The van der Waals surface area contributed by atoms with Crippen LogP contribution in [0.25, 0.3) is 0 Å². The van der Waals surface area contributed by atoms with E-state index in [1.807, 2.05) is 0 Å². The smallest absolute Gasteiger partial charge is 0.355 e. The molecule has 0 saturated carbocycles. The van der Waals surface area contributed by atoms with Crippen molar-refractivity contribution < 1.29 is 28.6 Å². The SMILES string of the molecule is COC(=O)C1=C(C(=O)OC)N(c2cccc(C(=O)Nc3cc(Cl)ccc3OC)c2)C(N)=C(C#N)C1c1ccccc1. The Bertz CT molecular complexity index is 1630. The summed E-state index contributed by atoms with van der Waals surface area (Å²) in [7, 11) is 3.78. The predicted octanol–water partition coefficient (Wildman–Crippen LogP) is 4.50. The molecule has 10 nitrogen and oxygen atoms in total. The molecule has 41 heavy (non-hydrogen) atoms. The van der Waals surface area contributed by atoms with E-state index in [0.717, 1.165) is 7.11 Å². The minimum absolute atomic E-state index is 0.00257. The van der Waals surface area contributed by atoms with Gasteiger partial charge in [-0.1, -0.05) is 48.0 Å². The van der Waals surface area contributed by atoms with E-state index in [1.165, 1.54) is 31.3 Å². The summed E-state index contributed by atoms with van der Waals surface area (Å²) in [6, 6.07) is 21.6. The van der Waals surface area contributed by atoms with Crippen LogP contribution in [0.4, 0.5) is 11.4 Å². The van der Waals surface area contributed by atoms with Crippen LogP contribution in [0, 0.1) is 11.3 Å². The summed E-state index contributed by atoms with van der Waals surface area (Å²) in [5.41, 5.74) is 7.42. The molecule has 1 atom stereocenters. The first kappa shape index (κ1) is 28.7. The molecule has 3 aromatic carbocycles.